The number of aromatic nitrogens is 4. The van der Waals surface area contributed by atoms with Gasteiger partial charge in [0.15, 0.2) is 5.78 Å². The van der Waals surface area contributed by atoms with E-state index in [-0.39, 0.29) is 35.5 Å². The minimum atomic E-state index is -0.812. The Labute approximate surface area is 403 Å². The van der Waals surface area contributed by atoms with Crippen LogP contribution in [0.25, 0.3) is 44.4 Å². The number of ketones is 1. The Morgan fingerprint density at radius 2 is 1.41 bits per heavy atom. The van der Waals surface area contributed by atoms with Crippen molar-refractivity contribution in [1.82, 2.24) is 35.5 Å². The Hall–Kier alpha value is -6.76. The molecule has 0 radical (unpaired) electrons. The Bertz CT molecular complexity index is 2860. The molecule has 1 saturated heterocycles. The molecule has 13 heteroatoms. The zero-order valence-electron chi connectivity index (χ0n) is 40.1. The number of aryl methyl sites for hydroxylation is 2. The number of likely N-dealkylation sites (tertiary alicyclic amines) is 1. The van der Waals surface area contributed by atoms with Crippen molar-refractivity contribution in [3.05, 3.63) is 120 Å². The molecule has 69 heavy (non-hydrogen) atoms. The lowest BCUT2D eigenvalue weighted by atomic mass is 9.74. The van der Waals surface area contributed by atoms with Gasteiger partial charge in [-0.1, -0.05) is 125 Å². The van der Waals surface area contributed by atoms with Crippen molar-refractivity contribution in [2.75, 3.05) is 20.8 Å². The van der Waals surface area contributed by atoms with Crippen molar-refractivity contribution in [2.24, 2.45) is 23.7 Å². The highest BCUT2D eigenvalue weighted by molar-refractivity contribution is 5.92. The van der Waals surface area contributed by atoms with Crippen LogP contribution in [-0.2, 0) is 31.9 Å². The topological polar surface area (TPSA) is 171 Å². The van der Waals surface area contributed by atoms with Gasteiger partial charge in [0.05, 0.1) is 37.8 Å². The summed E-state index contributed by atoms with van der Waals surface area (Å²) in [6.07, 6.45) is 11.6. The number of alkyl carbamates (subject to hydrolysis) is 2. The number of hydrogen-bond acceptors (Lipinski definition) is 8. The van der Waals surface area contributed by atoms with E-state index < -0.39 is 24.3 Å². The van der Waals surface area contributed by atoms with Gasteiger partial charge in [-0.2, -0.15) is 0 Å². The van der Waals surface area contributed by atoms with Crippen LogP contribution in [-0.4, -0.2) is 75.5 Å². The number of Topliss-reactive ketones (excluding diaryl/α,β-unsaturated/α-hetero) is 1. The number of aromatic amines is 2. The molecule has 2 saturated carbocycles. The van der Waals surface area contributed by atoms with Crippen LogP contribution >= 0.6 is 0 Å². The van der Waals surface area contributed by atoms with Gasteiger partial charge in [0.1, 0.15) is 23.7 Å². The largest absolute Gasteiger partial charge is 0.453 e. The minimum Gasteiger partial charge on any atom is -0.453 e. The van der Waals surface area contributed by atoms with Crippen molar-refractivity contribution in [3.8, 4) is 33.6 Å². The van der Waals surface area contributed by atoms with E-state index in [4.69, 9.17) is 19.4 Å². The summed E-state index contributed by atoms with van der Waals surface area (Å²) >= 11 is 0. The molecule has 1 aliphatic heterocycles. The fourth-order valence-electron chi connectivity index (χ4n) is 11.9. The standard InChI is InChI=1S/C56H63N7O6/c1-32(2)48(61-55(66)68-3)54(65)63-31-41(33-12-8-9-13-33)29-47(63)53-58-45-25-23-39-27-38(22-24-42(39)50(45)60-53)35-18-19-37-28-40(21-20-36(37)26-35)46-30-57-52(59-46)44-17-11-10-16-43(44)51(64)49(62-56(67)69-4)34-14-6-5-7-15-34/h5-7,14-15,18-22,24,26-28,30,32-33,41,43-44,47-49H,8-13,16-17,23,25,29,31H2,1-4H3,(H,57,59)(H,58,60)(H,61,66)(H,62,67)/t41?,43?,44?,47-,48-,49+/m0/s1. The predicted octanol–water partition coefficient (Wildman–Crippen LogP) is 10.8. The van der Waals surface area contributed by atoms with E-state index in [9.17, 15) is 19.2 Å². The minimum absolute atomic E-state index is 0.0316. The van der Waals surface area contributed by atoms with Crippen LogP contribution in [0.4, 0.5) is 9.59 Å². The van der Waals surface area contributed by atoms with Gasteiger partial charge in [-0.05, 0) is 95.0 Å². The van der Waals surface area contributed by atoms with Crippen LogP contribution in [0.2, 0.25) is 0 Å². The lowest BCUT2D eigenvalue weighted by molar-refractivity contribution is -0.135. The first kappa shape index (κ1) is 46.0. The third-order valence-electron chi connectivity index (χ3n) is 15.6. The van der Waals surface area contributed by atoms with Crippen molar-refractivity contribution in [3.63, 3.8) is 0 Å². The highest BCUT2D eigenvalue weighted by Gasteiger charge is 2.45. The number of H-pyrrole nitrogens is 2. The molecule has 4 aromatic carbocycles. The lowest BCUT2D eigenvalue weighted by Gasteiger charge is -2.32. The molecule has 10 rings (SSSR count). The molecular formula is C56H63N7O6. The number of nitrogens with zero attached hydrogens (tertiary/aromatic N) is 3. The third-order valence-corrected chi connectivity index (χ3v) is 15.6. The van der Waals surface area contributed by atoms with Crippen LogP contribution in [0, 0.1) is 23.7 Å². The maximum absolute atomic E-state index is 14.3. The van der Waals surface area contributed by atoms with Crippen molar-refractivity contribution < 1.29 is 28.7 Å². The maximum Gasteiger partial charge on any atom is 0.407 e. The van der Waals surface area contributed by atoms with E-state index in [0.717, 1.165) is 112 Å². The van der Waals surface area contributed by atoms with Gasteiger partial charge in [-0.25, -0.2) is 19.6 Å². The summed E-state index contributed by atoms with van der Waals surface area (Å²) in [6, 6.07) is 27.4. The lowest BCUT2D eigenvalue weighted by Crippen LogP contribution is -2.51. The Morgan fingerprint density at radius 1 is 0.725 bits per heavy atom. The summed E-state index contributed by atoms with van der Waals surface area (Å²) in [4.78, 5) is 72.7. The first-order valence-corrected chi connectivity index (χ1v) is 25.0. The number of benzene rings is 4. The number of carbonyl (C=O) groups is 4. The number of fused-ring (bicyclic) bond motifs is 4. The Kier molecular flexibility index (Phi) is 13.1. The smallest absolute Gasteiger partial charge is 0.407 e. The van der Waals surface area contributed by atoms with Crippen molar-refractivity contribution in [1.29, 1.82) is 0 Å². The summed E-state index contributed by atoms with van der Waals surface area (Å²) in [5.41, 5.74) is 9.38. The van der Waals surface area contributed by atoms with Crippen LogP contribution in [0.5, 0.6) is 0 Å². The summed E-state index contributed by atoms with van der Waals surface area (Å²) in [6.45, 7) is 4.58. The fraction of sp³-hybridized carbons (Fsp3) is 0.429. The Morgan fingerprint density at radius 3 is 2.16 bits per heavy atom. The highest BCUT2D eigenvalue weighted by Crippen LogP contribution is 2.46. The van der Waals surface area contributed by atoms with E-state index in [0.29, 0.717) is 18.4 Å². The monoisotopic (exact) mass is 929 g/mol. The first-order chi connectivity index (χ1) is 33.6. The molecule has 3 aliphatic carbocycles. The molecule has 0 spiro atoms. The number of nitrogens with one attached hydrogen (secondary N) is 4. The molecule has 2 aromatic heterocycles. The normalized spacial score (nSPS) is 21.1. The van der Waals surface area contributed by atoms with Gasteiger partial charge >= 0.3 is 12.2 Å². The quantitative estimate of drug-likeness (QED) is 0.0939. The maximum atomic E-state index is 14.3. The first-order valence-electron chi connectivity index (χ1n) is 25.0. The molecule has 4 aliphatic rings. The van der Waals surface area contributed by atoms with Gasteiger partial charge in [-0.3, -0.25) is 9.59 Å². The van der Waals surface area contributed by atoms with Gasteiger partial charge in [0.2, 0.25) is 5.91 Å². The number of rotatable bonds is 12. The zero-order chi connectivity index (χ0) is 47.8. The molecule has 4 N–H and O–H groups in total. The van der Waals surface area contributed by atoms with Crippen LogP contribution in [0.3, 0.4) is 0 Å². The number of methoxy groups -OCH3 is 2. The number of amides is 3. The van der Waals surface area contributed by atoms with Crippen LogP contribution < -0.4 is 10.6 Å². The van der Waals surface area contributed by atoms with Gasteiger partial charge in [-0.15, -0.1) is 0 Å². The number of imidazole rings is 2. The number of hydrogen-bond donors (Lipinski definition) is 4. The van der Waals surface area contributed by atoms with Gasteiger partial charge in [0.25, 0.3) is 0 Å². The molecule has 3 amide bonds. The van der Waals surface area contributed by atoms with E-state index in [1.54, 1.807) is 0 Å². The van der Waals surface area contributed by atoms with E-state index >= 15 is 0 Å². The summed E-state index contributed by atoms with van der Waals surface area (Å²) < 4.78 is 9.81. The second kappa shape index (κ2) is 19.7. The second-order valence-corrected chi connectivity index (χ2v) is 20.1. The average Bonchev–Trinajstić information content (AvgIpc) is 4.24. The molecule has 3 unspecified atom stereocenters. The second-order valence-electron chi connectivity index (χ2n) is 20.1. The predicted molar refractivity (Wildman–Crippen MR) is 265 cm³/mol. The Balaban J connectivity index is 0.864. The molecule has 0 bridgehead atoms. The molecule has 3 fully saturated rings. The summed E-state index contributed by atoms with van der Waals surface area (Å²) in [7, 11) is 2.64. The van der Waals surface area contributed by atoms with Crippen molar-refractivity contribution in [2.45, 2.75) is 109 Å². The molecule has 13 nitrogen and oxygen atoms in total. The molecule has 3 heterocycles. The summed E-state index contributed by atoms with van der Waals surface area (Å²) in [5, 5.41) is 7.86. The molecule has 358 valence electrons. The molecule has 6 aromatic rings. The van der Waals surface area contributed by atoms with Crippen LogP contribution in [0.15, 0.2) is 91.1 Å². The molecule has 6 atom stereocenters. The fourth-order valence-corrected chi connectivity index (χ4v) is 11.9. The third kappa shape index (κ3) is 9.27. The highest BCUT2D eigenvalue weighted by atomic mass is 16.5. The summed E-state index contributed by atoms with van der Waals surface area (Å²) in [5.74, 6) is 2.00. The van der Waals surface area contributed by atoms with Gasteiger partial charge in [0, 0.05) is 35.2 Å². The van der Waals surface area contributed by atoms with Gasteiger partial charge < -0.3 is 35.0 Å². The number of carbonyl (C=O) groups excluding carboxylic acids is 4. The van der Waals surface area contributed by atoms with E-state index in [1.165, 1.54) is 45.5 Å². The number of ether oxygens (including phenoxy) is 2. The van der Waals surface area contributed by atoms with E-state index in [2.05, 4.69) is 75.2 Å². The van der Waals surface area contributed by atoms with E-state index in [1.807, 2.05) is 55.3 Å². The van der Waals surface area contributed by atoms with Crippen molar-refractivity contribution >= 4 is 34.6 Å². The van der Waals surface area contributed by atoms with Crippen LogP contribution in [0.1, 0.15) is 118 Å². The SMILES string of the molecule is COC(=O)N[C@H](C(=O)N1CC(C2CCCC2)C[C@H]1c1nc2c([nH]1)CCc1cc(-c3ccc4cc(-c5cnc(C6CCCCC6C(=O)[C@H](NC(=O)OC)c6ccccc6)[nH]5)ccc4c3)ccc1-2)C(C)C. The molecular weight excluding hydrogens is 867 g/mol. The average molecular weight is 930 g/mol. The zero-order valence-corrected chi connectivity index (χ0v) is 40.1.